The zero-order valence-electron chi connectivity index (χ0n) is 8.09. The Balaban J connectivity index is 2.16. The van der Waals surface area contributed by atoms with Crippen LogP contribution < -0.4 is 5.32 Å². The van der Waals surface area contributed by atoms with E-state index in [0.717, 1.165) is 12.8 Å². The van der Waals surface area contributed by atoms with E-state index in [1.165, 1.54) is 6.07 Å². The lowest BCUT2D eigenvalue weighted by Gasteiger charge is -2.11. The van der Waals surface area contributed by atoms with Crippen LogP contribution in [-0.2, 0) is 0 Å². The molecule has 5 nitrogen and oxygen atoms in total. The fourth-order valence-electron chi connectivity index (χ4n) is 1.58. The Morgan fingerprint density at radius 1 is 1.47 bits per heavy atom. The molecule has 0 fully saturated rings. The van der Waals surface area contributed by atoms with Crippen LogP contribution >= 0.6 is 0 Å². The van der Waals surface area contributed by atoms with Crippen molar-refractivity contribution >= 4 is 11.5 Å². The molecule has 1 aliphatic rings. The lowest BCUT2D eigenvalue weighted by Crippen LogP contribution is -2.16. The SMILES string of the molecule is O=[N+]([O-])c1cccnc1NC1CC=CC1. The minimum absolute atomic E-state index is 0.0319. The molecule has 15 heavy (non-hydrogen) atoms. The molecule has 0 bridgehead atoms. The Labute approximate surface area is 87.0 Å². The highest BCUT2D eigenvalue weighted by atomic mass is 16.6. The van der Waals surface area contributed by atoms with Gasteiger partial charge in [-0.25, -0.2) is 4.98 Å². The van der Waals surface area contributed by atoms with Crippen LogP contribution in [0.25, 0.3) is 0 Å². The van der Waals surface area contributed by atoms with Gasteiger partial charge in [-0.15, -0.1) is 0 Å². The molecular weight excluding hydrogens is 194 g/mol. The van der Waals surface area contributed by atoms with Crippen molar-refractivity contribution < 1.29 is 4.92 Å². The summed E-state index contributed by atoms with van der Waals surface area (Å²) in [6.07, 6.45) is 7.47. The minimum atomic E-state index is -0.419. The molecule has 0 aliphatic heterocycles. The van der Waals surface area contributed by atoms with Gasteiger partial charge in [0.25, 0.3) is 0 Å². The zero-order chi connectivity index (χ0) is 10.7. The highest BCUT2D eigenvalue weighted by molar-refractivity contribution is 5.55. The second-order valence-corrected chi connectivity index (χ2v) is 3.41. The van der Waals surface area contributed by atoms with E-state index in [1.807, 2.05) is 0 Å². The van der Waals surface area contributed by atoms with Gasteiger partial charge in [0.2, 0.25) is 5.82 Å². The van der Waals surface area contributed by atoms with Gasteiger partial charge in [0.05, 0.1) is 4.92 Å². The first kappa shape index (κ1) is 9.64. The summed E-state index contributed by atoms with van der Waals surface area (Å²) in [6.45, 7) is 0. The Hall–Kier alpha value is -1.91. The summed E-state index contributed by atoms with van der Waals surface area (Å²) >= 11 is 0. The van der Waals surface area contributed by atoms with E-state index in [1.54, 1.807) is 12.3 Å². The largest absolute Gasteiger partial charge is 0.361 e. The van der Waals surface area contributed by atoms with Crippen molar-refractivity contribution in [1.82, 2.24) is 4.98 Å². The third-order valence-corrected chi connectivity index (χ3v) is 2.33. The average Bonchev–Trinajstić information content (AvgIpc) is 2.71. The second-order valence-electron chi connectivity index (χ2n) is 3.41. The van der Waals surface area contributed by atoms with E-state index in [0.29, 0.717) is 5.82 Å². The summed E-state index contributed by atoms with van der Waals surface area (Å²) < 4.78 is 0. The van der Waals surface area contributed by atoms with Crippen molar-refractivity contribution in [3.05, 3.63) is 40.6 Å². The molecule has 78 valence electrons. The number of nitrogens with one attached hydrogen (secondary N) is 1. The third-order valence-electron chi connectivity index (χ3n) is 2.33. The minimum Gasteiger partial charge on any atom is -0.361 e. The first-order valence-corrected chi connectivity index (χ1v) is 4.78. The van der Waals surface area contributed by atoms with Crippen molar-refractivity contribution in [1.29, 1.82) is 0 Å². The van der Waals surface area contributed by atoms with Gasteiger partial charge in [-0.3, -0.25) is 10.1 Å². The molecule has 1 N–H and O–H groups in total. The van der Waals surface area contributed by atoms with Crippen molar-refractivity contribution in [2.75, 3.05) is 5.32 Å². The summed E-state index contributed by atoms with van der Waals surface area (Å²) in [7, 11) is 0. The van der Waals surface area contributed by atoms with Crippen LogP contribution in [0.15, 0.2) is 30.5 Å². The molecule has 5 heteroatoms. The molecule has 0 spiro atoms. The van der Waals surface area contributed by atoms with E-state index >= 15 is 0 Å². The summed E-state index contributed by atoms with van der Waals surface area (Å²) in [5.74, 6) is 0.358. The smallest absolute Gasteiger partial charge is 0.311 e. The lowest BCUT2D eigenvalue weighted by molar-refractivity contribution is -0.384. The zero-order valence-corrected chi connectivity index (χ0v) is 8.09. The topological polar surface area (TPSA) is 68.1 Å². The molecule has 0 amide bonds. The number of hydrogen-bond acceptors (Lipinski definition) is 4. The summed E-state index contributed by atoms with van der Waals surface area (Å²) in [6, 6.07) is 3.26. The van der Waals surface area contributed by atoms with E-state index in [9.17, 15) is 10.1 Å². The molecule has 0 radical (unpaired) electrons. The van der Waals surface area contributed by atoms with Crippen LogP contribution in [0.3, 0.4) is 0 Å². The van der Waals surface area contributed by atoms with Crippen LogP contribution in [-0.4, -0.2) is 15.9 Å². The van der Waals surface area contributed by atoms with E-state index in [4.69, 9.17) is 0 Å². The van der Waals surface area contributed by atoms with Gasteiger partial charge in [-0.1, -0.05) is 12.2 Å². The van der Waals surface area contributed by atoms with Gasteiger partial charge in [-0.05, 0) is 18.9 Å². The highest BCUT2D eigenvalue weighted by Gasteiger charge is 2.18. The summed E-state index contributed by atoms with van der Waals surface area (Å²) in [4.78, 5) is 14.3. The maximum atomic E-state index is 10.7. The van der Waals surface area contributed by atoms with E-state index < -0.39 is 4.92 Å². The standard InChI is InChI=1S/C10H11N3O2/c14-13(15)9-6-3-7-11-10(9)12-8-4-1-2-5-8/h1-3,6-8H,4-5H2,(H,11,12). The van der Waals surface area contributed by atoms with Crippen molar-refractivity contribution in [2.45, 2.75) is 18.9 Å². The van der Waals surface area contributed by atoms with Gasteiger partial charge in [0.1, 0.15) is 0 Å². The van der Waals surface area contributed by atoms with Crippen LogP contribution in [0.5, 0.6) is 0 Å². The predicted molar refractivity (Wildman–Crippen MR) is 56.7 cm³/mol. The maximum absolute atomic E-state index is 10.7. The highest BCUT2D eigenvalue weighted by Crippen LogP contribution is 2.23. The van der Waals surface area contributed by atoms with E-state index in [2.05, 4.69) is 22.5 Å². The van der Waals surface area contributed by atoms with Gasteiger partial charge < -0.3 is 5.32 Å². The Morgan fingerprint density at radius 2 is 2.20 bits per heavy atom. The molecule has 0 aromatic carbocycles. The molecular formula is C10H11N3O2. The van der Waals surface area contributed by atoms with Gasteiger partial charge >= 0.3 is 5.69 Å². The van der Waals surface area contributed by atoms with Crippen LogP contribution in [0.1, 0.15) is 12.8 Å². The lowest BCUT2D eigenvalue weighted by atomic mass is 10.2. The Morgan fingerprint density at radius 3 is 2.87 bits per heavy atom. The summed E-state index contributed by atoms with van der Waals surface area (Å²) in [5, 5.41) is 13.8. The number of hydrogen-bond donors (Lipinski definition) is 1. The quantitative estimate of drug-likeness (QED) is 0.466. The molecule has 1 aliphatic carbocycles. The number of pyridine rings is 1. The Kier molecular flexibility index (Phi) is 2.62. The predicted octanol–water partition coefficient (Wildman–Crippen LogP) is 2.12. The van der Waals surface area contributed by atoms with Crippen LogP contribution in [0.4, 0.5) is 11.5 Å². The fraction of sp³-hybridized carbons (Fsp3) is 0.300. The van der Waals surface area contributed by atoms with Crippen LogP contribution in [0.2, 0.25) is 0 Å². The van der Waals surface area contributed by atoms with Gasteiger partial charge in [0, 0.05) is 18.3 Å². The van der Waals surface area contributed by atoms with E-state index in [-0.39, 0.29) is 11.7 Å². The molecule has 0 saturated carbocycles. The molecule has 1 aromatic rings. The average molecular weight is 205 g/mol. The van der Waals surface area contributed by atoms with Crippen LogP contribution in [0, 0.1) is 10.1 Å². The molecule has 0 unspecified atom stereocenters. The number of aromatic nitrogens is 1. The fourth-order valence-corrected chi connectivity index (χ4v) is 1.58. The van der Waals surface area contributed by atoms with Crippen molar-refractivity contribution in [3.8, 4) is 0 Å². The molecule has 1 aromatic heterocycles. The molecule has 0 saturated heterocycles. The number of anilines is 1. The number of nitro groups is 1. The van der Waals surface area contributed by atoms with Gasteiger partial charge in [-0.2, -0.15) is 0 Å². The number of nitrogens with zero attached hydrogens (tertiary/aromatic N) is 2. The van der Waals surface area contributed by atoms with Crippen molar-refractivity contribution in [3.63, 3.8) is 0 Å². The second kappa shape index (κ2) is 4.08. The Bertz CT molecular complexity index is 395. The number of rotatable bonds is 3. The van der Waals surface area contributed by atoms with Crippen molar-refractivity contribution in [2.24, 2.45) is 0 Å². The summed E-state index contributed by atoms with van der Waals surface area (Å²) in [5.41, 5.74) is 0.0319. The molecule has 2 rings (SSSR count). The monoisotopic (exact) mass is 205 g/mol. The molecule has 1 heterocycles. The molecule has 0 atom stereocenters. The first-order valence-electron chi connectivity index (χ1n) is 4.78. The first-order chi connectivity index (χ1) is 7.27. The van der Waals surface area contributed by atoms with Gasteiger partial charge in [0.15, 0.2) is 0 Å². The maximum Gasteiger partial charge on any atom is 0.311 e. The third kappa shape index (κ3) is 2.12. The normalized spacial score (nSPS) is 15.5.